The fourth-order valence-corrected chi connectivity index (χ4v) is 5.17. The van der Waals surface area contributed by atoms with Crippen molar-refractivity contribution in [1.82, 2.24) is 0 Å². The van der Waals surface area contributed by atoms with Crippen molar-refractivity contribution in [2.45, 2.75) is 26.7 Å². The number of hydrogen-bond acceptors (Lipinski definition) is 8. The van der Waals surface area contributed by atoms with Gasteiger partial charge in [0.15, 0.2) is 11.5 Å². The summed E-state index contributed by atoms with van der Waals surface area (Å²) in [5, 5.41) is 0.484. The van der Waals surface area contributed by atoms with Gasteiger partial charge in [0, 0.05) is 35.1 Å². The molecular formula is C44H41ClO8. The van der Waals surface area contributed by atoms with Crippen LogP contribution in [0.3, 0.4) is 0 Å². The number of para-hydroxylation sites is 2. The van der Waals surface area contributed by atoms with Crippen molar-refractivity contribution in [3.05, 3.63) is 156 Å². The largest absolute Gasteiger partial charge is 0.490 e. The molecule has 0 saturated carbocycles. The molecule has 0 unspecified atom stereocenters. The number of carbonyl (C=O) groups is 2. The molecule has 0 heterocycles. The summed E-state index contributed by atoms with van der Waals surface area (Å²) < 4.78 is 34.3. The van der Waals surface area contributed by atoms with Gasteiger partial charge in [0.25, 0.3) is 0 Å². The third-order valence-electron chi connectivity index (χ3n) is 7.78. The number of ether oxygens (including phenoxy) is 6. The Bertz CT molecular complexity index is 2010. The number of carbonyl (C=O) groups excluding carboxylic acids is 2. The molecule has 5 rings (SSSR count). The van der Waals surface area contributed by atoms with Crippen molar-refractivity contribution in [3.63, 3.8) is 0 Å². The second-order valence-electron chi connectivity index (χ2n) is 11.8. The van der Waals surface area contributed by atoms with Crippen LogP contribution in [0.25, 0.3) is 22.3 Å². The van der Waals surface area contributed by atoms with Crippen LogP contribution in [0.4, 0.5) is 0 Å². The number of benzene rings is 5. The second-order valence-corrected chi connectivity index (χ2v) is 12.3. The highest BCUT2D eigenvalue weighted by Crippen LogP contribution is 2.32. The molecule has 0 aromatic heterocycles. The maximum atomic E-state index is 12.6. The molecule has 9 heteroatoms. The topological polar surface area (TPSA) is 89.5 Å². The SMILES string of the molecule is CC(=COc1ccccc1-c1ccccc1)C(=O)OCCCOc1ccc(Cl)cc1OCCCOC(=O)C(C)=COc1ccccc1-c1ccccc1. The second kappa shape index (κ2) is 20.2. The predicted molar refractivity (Wildman–Crippen MR) is 206 cm³/mol. The van der Waals surface area contributed by atoms with E-state index in [9.17, 15) is 9.59 Å². The predicted octanol–water partition coefficient (Wildman–Crippen LogP) is 10.3. The van der Waals surface area contributed by atoms with Gasteiger partial charge >= 0.3 is 11.9 Å². The highest BCUT2D eigenvalue weighted by Gasteiger charge is 2.12. The first-order valence-corrected chi connectivity index (χ1v) is 17.6. The van der Waals surface area contributed by atoms with Crippen LogP contribution in [0, 0.1) is 0 Å². The van der Waals surface area contributed by atoms with E-state index < -0.39 is 11.9 Å². The van der Waals surface area contributed by atoms with Crippen LogP contribution in [0.15, 0.2) is 151 Å². The normalized spacial score (nSPS) is 11.4. The molecular weight excluding hydrogens is 692 g/mol. The van der Waals surface area contributed by atoms with Gasteiger partial charge in [-0.3, -0.25) is 0 Å². The third kappa shape index (κ3) is 11.8. The van der Waals surface area contributed by atoms with Gasteiger partial charge in [-0.25, -0.2) is 9.59 Å². The highest BCUT2D eigenvalue weighted by atomic mass is 35.5. The summed E-state index contributed by atoms with van der Waals surface area (Å²) in [6.07, 6.45) is 3.69. The van der Waals surface area contributed by atoms with Crippen LogP contribution in [0.1, 0.15) is 26.7 Å². The van der Waals surface area contributed by atoms with E-state index in [4.69, 9.17) is 40.0 Å². The summed E-state index contributed by atoms with van der Waals surface area (Å²) >= 11 is 6.21. The fraction of sp³-hybridized carbons (Fsp3) is 0.182. The van der Waals surface area contributed by atoms with Crippen molar-refractivity contribution in [2.24, 2.45) is 0 Å². The van der Waals surface area contributed by atoms with E-state index in [1.807, 2.05) is 109 Å². The number of hydrogen-bond donors (Lipinski definition) is 0. The van der Waals surface area contributed by atoms with E-state index in [0.29, 0.717) is 52.0 Å². The molecule has 0 amide bonds. The van der Waals surface area contributed by atoms with E-state index in [2.05, 4.69) is 0 Å². The fourth-order valence-electron chi connectivity index (χ4n) is 5.00. The maximum absolute atomic E-state index is 12.6. The van der Waals surface area contributed by atoms with Crippen LogP contribution in [0.5, 0.6) is 23.0 Å². The minimum Gasteiger partial charge on any atom is -0.490 e. The molecule has 0 N–H and O–H groups in total. The van der Waals surface area contributed by atoms with Crippen molar-refractivity contribution >= 4 is 23.5 Å². The lowest BCUT2D eigenvalue weighted by atomic mass is 10.1. The molecule has 0 fully saturated rings. The molecule has 5 aromatic rings. The molecule has 0 saturated heterocycles. The van der Waals surface area contributed by atoms with E-state index in [1.54, 1.807) is 32.0 Å². The van der Waals surface area contributed by atoms with Gasteiger partial charge in [-0.1, -0.05) is 109 Å². The summed E-state index contributed by atoms with van der Waals surface area (Å²) in [6.45, 7) is 4.11. The molecule has 0 aliphatic carbocycles. The molecule has 5 aromatic carbocycles. The van der Waals surface area contributed by atoms with E-state index in [0.717, 1.165) is 22.3 Å². The number of esters is 2. The maximum Gasteiger partial charge on any atom is 0.336 e. The zero-order valence-electron chi connectivity index (χ0n) is 29.7. The summed E-state index contributed by atoms with van der Waals surface area (Å²) in [7, 11) is 0. The smallest absolute Gasteiger partial charge is 0.336 e. The highest BCUT2D eigenvalue weighted by molar-refractivity contribution is 6.30. The Morgan fingerprint density at radius 2 is 0.943 bits per heavy atom. The standard InChI is InChI=1S/C44H41ClO8/c1-32(30-52-39-21-11-9-19-37(39)34-15-5-3-6-16-34)43(46)50-27-13-25-48-41-24-23-36(45)29-42(41)49-26-14-28-51-44(47)33(2)31-53-40-22-12-10-20-38(40)35-17-7-4-8-18-35/h3-12,15-24,29-31H,13-14,25-28H2,1-2H3. The van der Waals surface area contributed by atoms with E-state index in [-0.39, 0.29) is 26.4 Å². The van der Waals surface area contributed by atoms with Crippen molar-refractivity contribution < 1.29 is 38.0 Å². The molecule has 0 bridgehead atoms. The van der Waals surface area contributed by atoms with Crippen LogP contribution < -0.4 is 18.9 Å². The Morgan fingerprint density at radius 1 is 0.509 bits per heavy atom. The van der Waals surface area contributed by atoms with Gasteiger partial charge in [-0.05, 0) is 49.2 Å². The van der Waals surface area contributed by atoms with Crippen molar-refractivity contribution in [3.8, 4) is 45.3 Å². The monoisotopic (exact) mass is 732 g/mol. The zero-order chi connectivity index (χ0) is 37.3. The van der Waals surface area contributed by atoms with Crippen LogP contribution in [-0.2, 0) is 19.1 Å². The average molecular weight is 733 g/mol. The lowest BCUT2D eigenvalue weighted by Crippen LogP contribution is -2.11. The number of rotatable bonds is 18. The summed E-state index contributed by atoms with van der Waals surface area (Å²) in [6, 6.07) is 40.1. The zero-order valence-corrected chi connectivity index (χ0v) is 30.4. The third-order valence-corrected chi connectivity index (χ3v) is 8.01. The minimum absolute atomic E-state index is 0.144. The van der Waals surface area contributed by atoms with Crippen LogP contribution in [0.2, 0.25) is 5.02 Å². The van der Waals surface area contributed by atoms with Gasteiger partial charge < -0.3 is 28.4 Å². The van der Waals surface area contributed by atoms with E-state index in [1.165, 1.54) is 12.5 Å². The molecule has 0 aliphatic rings. The van der Waals surface area contributed by atoms with Gasteiger partial charge in [0.1, 0.15) is 24.0 Å². The van der Waals surface area contributed by atoms with Crippen LogP contribution in [-0.4, -0.2) is 38.4 Å². The number of halogens is 1. The summed E-state index contributed by atoms with van der Waals surface area (Å²) in [4.78, 5) is 25.1. The summed E-state index contributed by atoms with van der Waals surface area (Å²) in [5.74, 6) is 1.25. The lowest BCUT2D eigenvalue weighted by molar-refractivity contribution is -0.140. The molecule has 8 nitrogen and oxygen atoms in total. The molecule has 53 heavy (non-hydrogen) atoms. The Morgan fingerprint density at radius 3 is 1.43 bits per heavy atom. The molecule has 0 radical (unpaired) electrons. The quantitative estimate of drug-likeness (QED) is 0.0381. The Balaban J connectivity index is 1.01. The minimum atomic E-state index is -0.485. The Hall–Kier alpha value is -5.99. The summed E-state index contributed by atoms with van der Waals surface area (Å²) in [5.41, 5.74) is 4.52. The van der Waals surface area contributed by atoms with Gasteiger partial charge in [0.05, 0.1) is 37.6 Å². The van der Waals surface area contributed by atoms with Crippen molar-refractivity contribution in [2.75, 3.05) is 26.4 Å². The lowest BCUT2D eigenvalue weighted by Gasteiger charge is -2.14. The first-order valence-electron chi connectivity index (χ1n) is 17.2. The average Bonchev–Trinajstić information content (AvgIpc) is 3.20. The molecule has 0 aliphatic heterocycles. The van der Waals surface area contributed by atoms with E-state index >= 15 is 0 Å². The first-order chi connectivity index (χ1) is 25.9. The molecule has 272 valence electrons. The van der Waals surface area contributed by atoms with Crippen molar-refractivity contribution in [1.29, 1.82) is 0 Å². The molecule has 0 atom stereocenters. The van der Waals surface area contributed by atoms with Gasteiger partial charge in [-0.15, -0.1) is 0 Å². The van der Waals surface area contributed by atoms with Gasteiger partial charge in [-0.2, -0.15) is 0 Å². The Labute approximate surface area is 315 Å². The first kappa shape index (κ1) is 38.2. The molecule has 0 spiro atoms. The van der Waals surface area contributed by atoms with Gasteiger partial charge in [0.2, 0.25) is 0 Å². The van der Waals surface area contributed by atoms with Crippen LogP contribution >= 0.6 is 11.6 Å². The Kier molecular flexibility index (Phi) is 14.5.